The summed E-state index contributed by atoms with van der Waals surface area (Å²) in [6.07, 6.45) is 1.24. The second-order valence-electron chi connectivity index (χ2n) is 5.05. The number of methoxy groups -OCH3 is 1. The van der Waals surface area contributed by atoms with E-state index in [1.807, 2.05) is 18.2 Å². The van der Waals surface area contributed by atoms with Gasteiger partial charge in [-0.2, -0.15) is 0 Å². The van der Waals surface area contributed by atoms with Gasteiger partial charge in [-0.05, 0) is 23.6 Å². The molecule has 1 amide bonds. The number of ether oxygens (including phenoxy) is 1. The van der Waals surface area contributed by atoms with Crippen molar-refractivity contribution in [1.29, 1.82) is 0 Å². The number of carbonyl (C=O) groups excluding carboxylic acids is 1. The number of rotatable bonds is 5. The molecule has 1 unspecified atom stereocenters. The van der Waals surface area contributed by atoms with Crippen LogP contribution in [0, 0.1) is 0 Å². The van der Waals surface area contributed by atoms with E-state index in [0.717, 1.165) is 15.6 Å². The minimum atomic E-state index is -0.962. The zero-order valence-corrected chi connectivity index (χ0v) is 13.4. The highest BCUT2D eigenvalue weighted by molar-refractivity contribution is 9.10. The van der Waals surface area contributed by atoms with Gasteiger partial charge in [0, 0.05) is 37.6 Å². The Morgan fingerprint density at radius 3 is 2.90 bits per heavy atom. The van der Waals surface area contributed by atoms with Crippen molar-refractivity contribution in [2.24, 2.45) is 0 Å². The van der Waals surface area contributed by atoms with Crippen LogP contribution in [0.5, 0.6) is 0 Å². The van der Waals surface area contributed by atoms with Gasteiger partial charge in [0.2, 0.25) is 5.91 Å². The summed E-state index contributed by atoms with van der Waals surface area (Å²) in [5.74, 6) is -1.10. The first-order chi connectivity index (χ1) is 10.0. The molecule has 1 atom stereocenters. The molecule has 0 saturated carbocycles. The van der Waals surface area contributed by atoms with Gasteiger partial charge in [0.25, 0.3) is 0 Å². The molecule has 1 heterocycles. The SMILES string of the molecule is COCCCC(=O)N1Cc2cccc(Br)c2CC1C(=O)O. The van der Waals surface area contributed by atoms with Crippen LogP contribution in [-0.4, -0.2) is 41.6 Å². The lowest BCUT2D eigenvalue weighted by Crippen LogP contribution is -2.48. The molecule has 0 aliphatic carbocycles. The highest BCUT2D eigenvalue weighted by Gasteiger charge is 2.34. The number of amides is 1. The molecule has 0 bridgehead atoms. The lowest BCUT2D eigenvalue weighted by atomic mass is 9.93. The van der Waals surface area contributed by atoms with Crippen molar-refractivity contribution >= 4 is 27.8 Å². The molecule has 5 nitrogen and oxygen atoms in total. The third-order valence-electron chi connectivity index (χ3n) is 3.67. The van der Waals surface area contributed by atoms with Gasteiger partial charge in [0.05, 0.1) is 0 Å². The van der Waals surface area contributed by atoms with Crippen molar-refractivity contribution in [2.75, 3.05) is 13.7 Å². The minimum Gasteiger partial charge on any atom is -0.480 e. The molecule has 0 aromatic heterocycles. The first-order valence-electron chi connectivity index (χ1n) is 6.82. The van der Waals surface area contributed by atoms with E-state index in [1.165, 1.54) is 4.90 Å². The number of hydrogen-bond acceptors (Lipinski definition) is 3. The molecule has 1 aromatic rings. The van der Waals surface area contributed by atoms with Crippen LogP contribution < -0.4 is 0 Å². The predicted molar refractivity (Wildman–Crippen MR) is 80.9 cm³/mol. The highest BCUT2D eigenvalue weighted by atomic mass is 79.9. The molecule has 21 heavy (non-hydrogen) atoms. The van der Waals surface area contributed by atoms with E-state index in [4.69, 9.17) is 4.74 Å². The van der Waals surface area contributed by atoms with Gasteiger partial charge in [0.15, 0.2) is 0 Å². The van der Waals surface area contributed by atoms with Gasteiger partial charge in [0.1, 0.15) is 6.04 Å². The number of benzene rings is 1. The first kappa shape index (κ1) is 16.0. The zero-order chi connectivity index (χ0) is 15.4. The van der Waals surface area contributed by atoms with E-state index in [9.17, 15) is 14.7 Å². The number of carboxylic acid groups (broad SMARTS) is 1. The summed E-state index contributed by atoms with van der Waals surface area (Å²) in [5, 5.41) is 9.41. The van der Waals surface area contributed by atoms with Gasteiger partial charge in [-0.25, -0.2) is 4.79 Å². The summed E-state index contributed by atoms with van der Waals surface area (Å²) in [6.45, 7) is 0.844. The number of carboxylic acids is 1. The zero-order valence-electron chi connectivity index (χ0n) is 11.8. The number of aliphatic carboxylic acids is 1. The standard InChI is InChI=1S/C15H18BrNO4/c1-21-7-3-6-14(18)17-9-10-4-2-5-12(16)11(10)8-13(17)15(19)20/h2,4-5,13H,3,6-9H2,1H3,(H,19,20). The predicted octanol–water partition coefficient (Wildman–Crippen LogP) is 2.21. The molecular weight excluding hydrogens is 338 g/mol. The quantitative estimate of drug-likeness (QED) is 0.822. The van der Waals surface area contributed by atoms with E-state index in [-0.39, 0.29) is 5.91 Å². The number of nitrogens with zero attached hydrogens (tertiary/aromatic N) is 1. The Morgan fingerprint density at radius 1 is 1.48 bits per heavy atom. The lowest BCUT2D eigenvalue weighted by molar-refractivity contribution is -0.151. The van der Waals surface area contributed by atoms with E-state index in [2.05, 4.69) is 15.9 Å². The Kier molecular flexibility index (Phi) is 5.36. The fourth-order valence-electron chi connectivity index (χ4n) is 2.57. The summed E-state index contributed by atoms with van der Waals surface area (Å²) < 4.78 is 5.83. The van der Waals surface area contributed by atoms with Crippen LogP contribution in [0.1, 0.15) is 24.0 Å². The van der Waals surface area contributed by atoms with Crippen molar-refractivity contribution < 1.29 is 19.4 Å². The summed E-state index contributed by atoms with van der Waals surface area (Å²) >= 11 is 3.45. The highest BCUT2D eigenvalue weighted by Crippen LogP contribution is 2.30. The number of carbonyl (C=O) groups is 2. The Morgan fingerprint density at radius 2 is 2.24 bits per heavy atom. The summed E-state index contributed by atoms with van der Waals surface area (Å²) in [6, 6.07) is 4.94. The molecule has 0 radical (unpaired) electrons. The maximum absolute atomic E-state index is 12.3. The second-order valence-corrected chi connectivity index (χ2v) is 5.91. The number of hydrogen-bond donors (Lipinski definition) is 1. The van der Waals surface area contributed by atoms with Crippen LogP contribution in [0.15, 0.2) is 22.7 Å². The molecule has 0 fully saturated rings. The topological polar surface area (TPSA) is 66.8 Å². The maximum atomic E-state index is 12.3. The summed E-state index contributed by atoms with van der Waals surface area (Å²) in [7, 11) is 1.58. The van der Waals surface area contributed by atoms with Crippen LogP contribution in [0.25, 0.3) is 0 Å². The average Bonchev–Trinajstić information content (AvgIpc) is 2.46. The van der Waals surface area contributed by atoms with Crippen molar-refractivity contribution in [2.45, 2.75) is 31.8 Å². The Balaban J connectivity index is 2.20. The third-order valence-corrected chi connectivity index (χ3v) is 4.42. The Labute approximate surface area is 132 Å². The average molecular weight is 356 g/mol. The lowest BCUT2D eigenvalue weighted by Gasteiger charge is -2.35. The van der Waals surface area contributed by atoms with Gasteiger partial charge in [-0.3, -0.25) is 4.79 Å². The fraction of sp³-hybridized carbons (Fsp3) is 0.467. The molecule has 1 N–H and O–H groups in total. The van der Waals surface area contributed by atoms with Crippen LogP contribution in [0.4, 0.5) is 0 Å². The molecule has 2 rings (SSSR count). The fourth-order valence-corrected chi connectivity index (χ4v) is 3.14. The normalized spacial score (nSPS) is 17.4. The molecule has 0 saturated heterocycles. The largest absolute Gasteiger partial charge is 0.480 e. The van der Waals surface area contributed by atoms with Crippen LogP contribution >= 0.6 is 15.9 Å². The van der Waals surface area contributed by atoms with Crippen molar-refractivity contribution in [3.8, 4) is 0 Å². The molecule has 1 aliphatic rings. The molecule has 1 aliphatic heterocycles. The number of halogens is 1. The number of fused-ring (bicyclic) bond motifs is 1. The smallest absolute Gasteiger partial charge is 0.326 e. The third kappa shape index (κ3) is 3.63. The Bertz CT molecular complexity index is 546. The van der Waals surface area contributed by atoms with Crippen molar-refractivity contribution in [3.63, 3.8) is 0 Å². The maximum Gasteiger partial charge on any atom is 0.326 e. The van der Waals surface area contributed by atoms with Gasteiger partial charge >= 0.3 is 5.97 Å². The van der Waals surface area contributed by atoms with Crippen molar-refractivity contribution in [1.82, 2.24) is 4.90 Å². The molecule has 0 spiro atoms. The van der Waals surface area contributed by atoms with Gasteiger partial charge < -0.3 is 14.7 Å². The van der Waals surface area contributed by atoms with Gasteiger partial charge in [-0.15, -0.1) is 0 Å². The van der Waals surface area contributed by atoms with E-state index < -0.39 is 12.0 Å². The van der Waals surface area contributed by atoms with E-state index in [1.54, 1.807) is 7.11 Å². The van der Waals surface area contributed by atoms with Crippen molar-refractivity contribution in [3.05, 3.63) is 33.8 Å². The molecular formula is C15H18BrNO4. The van der Waals surface area contributed by atoms with Crippen LogP contribution in [0.3, 0.4) is 0 Å². The molecule has 1 aromatic carbocycles. The van der Waals surface area contributed by atoms with Crippen LogP contribution in [-0.2, 0) is 27.3 Å². The summed E-state index contributed by atoms with van der Waals surface area (Å²) in [4.78, 5) is 25.2. The molecule has 6 heteroatoms. The Hall–Kier alpha value is -1.40. The first-order valence-corrected chi connectivity index (χ1v) is 7.61. The van der Waals surface area contributed by atoms with E-state index in [0.29, 0.717) is 32.4 Å². The van der Waals surface area contributed by atoms with Crippen LogP contribution in [0.2, 0.25) is 0 Å². The monoisotopic (exact) mass is 355 g/mol. The molecule has 114 valence electrons. The minimum absolute atomic E-state index is 0.134. The van der Waals surface area contributed by atoms with E-state index >= 15 is 0 Å². The second kappa shape index (κ2) is 7.04. The summed E-state index contributed by atoms with van der Waals surface area (Å²) in [5.41, 5.74) is 1.98. The van der Waals surface area contributed by atoms with Gasteiger partial charge in [-0.1, -0.05) is 28.1 Å².